The summed E-state index contributed by atoms with van der Waals surface area (Å²) in [6.07, 6.45) is 0.706. The smallest absolute Gasteiger partial charge is 0.314 e. The Balaban J connectivity index is 2.15. The van der Waals surface area contributed by atoms with Gasteiger partial charge in [-0.1, -0.05) is 44.2 Å². The fraction of sp³-hybridized carbons (Fsp3) is 0.222. The van der Waals surface area contributed by atoms with Gasteiger partial charge in [0.25, 0.3) is 5.91 Å². The Morgan fingerprint density at radius 2 is 1.68 bits per heavy atom. The number of carbonyl (C=O) groups excluding carboxylic acids is 2. The van der Waals surface area contributed by atoms with Crippen molar-refractivity contribution in [2.45, 2.75) is 20.3 Å². The fourth-order valence-electron chi connectivity index (χ4n) is 1.82. The molecule has 0 spiro atoms. The molecule has 22 heavy (non-hydrogen) atoms. The number of carbonyl (C=O) groups is 2. The Hall–Kier alpha value is -2.62. The molecule has 0 aliphatic rings. The van der Waals surface area contributed by atoms with Gasteiger partial charge in [-0.3, -0.25) is 9.59 Å². The van der Waals surface area contributed by atoms with Gasteiger partial charge in [0.1, 0.15) is 0 Å². The van der Waals surface area contributed by atoms with Gasteiger partial charge >= 0.3 is 5.97 Å². The van der Waals surface area contributed by atoms with E-state index in [2.05, 4.69) is 5.32 Å². The maximum Gasteiger partial charge on any atom is 0.314 e. The number of para-hydroxylation sites is 2. The van der Waals surface area contributed by atoms with E-state index in [-0.39, 0.29) is 17.8 Å². The Morgan fingerprint density at radius 1 is 1.05 bits per heavy atom. The van der Waals surface area contributed by atoms with Gasteiger partial charge in [0.05, 0.1) is 11.6 Å². The predicted octanol–water partition coefficient (Wildman–Crippen LogP) is 3.89. The average Bonchev–Trinajstić information content (AvgIpc) is 2.56. The van der Waals surface area contributed by atoms with Crippen molar-refractivity contribution in [1.82, 2.24) is 0 Å². The molecule has 2 rings (SSSR count). The summed E-state index contributed by atoms with van der Waals surface area (Å²) in [6.45, 7) is 3.74. The zero-order valence-electron chi connectivity index (χ0n) is 12.7. The van der Waals surface area contributed by atoms with Crippen LogP contribution in [-0.2, 0) is 4.79 Å². The fourth-order valence-corrected chi connectivity index (χ4v) is 1.82. The third-order valence-electron chi connectivity index (χ3n) is 3.40. The lowest BCUT2D eigenvalue weighted by Crippen LogP contribution is -2.19. The van der Waals surface area contributed by atoms with E-state index in [1.807, 2.05) is 19.9 Å². The van der Waals surface area contributed by atoms with Gasteiger partial charge in [0.15, 0.2) is 5.75 Å². The molecule has 0 aliphatic carbocycles. The van der Waals surface area contributed by atoms with Crippen molar-refractivity contribution in [3.05, 3.63) is 60.2 Å². The van der Waals surface area contributed by atoms with Crippen molar-refractivity contribution in [3.63, 3.8) is 0 Å². The van der Waals surface area contributed by atoms with Crippen molar-refractivity contribution >= 4 is 17.6 Å². The van der Waals surface area contributed by atoms with E-state index < -0.39 is 0 Å². The quantitative estimate of drug-likeness (QED) is 0.673. The lowest BCUT2D eigenvalue weighted by molar-refractivity contribution is -0.138. The Labute approximate surface area is 130 Å². The maximum atomic E-state index is 12.2. The molecule has 1 atom stereocenters. The van der Waals surface area contributed by atoms with Gasteiger partial charge in [-0.15, -0.1) is 0 Å². The highest BCUT2D eigenvalue weighted by molar-refractivity contribution is 6.05. The molecule has 4 nitrogen and oxygen atoms in total. The number of hydrogen-bond acceptors (Lipinski definition) is 3. The first-order chi connectivity index (χ1) is 10.6. The number of anilines is 1. The maximum absolute atomic E-state index is 12.2. The molecule has 2 aromatic rings. The molecule has 4 heteroatoms. The van der Waals surface area contributed by atoms with Gasteiger partial charge < -0.3 is 10.1 Å². The molecule has 0 bridgehead atoms. The Kier molecular flexibility index (Phi) is 5.31. The number of amides is 1. The van der Waals surface area contributed by atoms with Crippen molar-refractivity contribution in [3.8, 4) is 5.75 Å². The number of benzene rings is 2. The van der Waals surface area contributed by atoms with E-state index >= 15 is 0 Å². The van der Waals surface area contributed by atoms with Crippen LogP contribution in [-0.4, -0.2) is 11.9 Å². The number of esters is 1. The van der Waals surface area contributed by atoms with Crippen LogP contribution in [0.1, 0.15) is 30.6 Å². The first-order valence-electron chi connectivity index (χ1n) is 7.29. The zero-order valence-corrected chi connectivity index (χ0v) is 12.7. The number of hydrogen-bond donors (Lipinski definition) is 1. The lowest BCUT2D eigenvalue weighted by atomic mass is 10.1. The van der Waals surface area contributed by atoms with Crippen LogP contribution in [0.25, 0.3) is 0 Å². The number of nitrogens with one attached hydrogen (secondary N) is 1. The highest BCUT2D eigenvalue weighted by Crippen LogP contribution is 2.25. The molecular weight excluding hydrogens is 278 g/mol. The van der Waals surface area contributed by atoms with Gasteiger partial charge in [-0.2, -0.15) is 0 Å². The molecule has 0 fully saturated rings. The zero-order chi connectivity index (χ0) is 15.9. The van der Waals surface area contributed by atoms with Crippen LogP contribution in [0, 0.1) is 5.92 Å². The van der Waals surface area contributed by atoms with E-state index in [1.54, 1.807) is 48.5 Å². The van der Waals surface area contributed by atoms with Crippen LogP contribution in [0.15, 0.2) is 54.6 Å². The molecule has 0 saturated heterocycles. The summed E-state index contributed by atoms with van der Waals surface area (Å²) in [5, 5.41) is 2.77. The summed E-state index contributed by atoms with van der Waals surface area (Å²) in [5.74, 6) is -0.369. The molecule has 114 valence electrons. The first kappa shape index (κ1) is 15.8. The Morgan fingerprint density at radius 3 is 2.36 bits per heavy atom. The predicted molar refractivity (Wildman–Crippen MR) is 85.9 cm³/mol. The second kappa shape index (κ2) is 7.41. The minimum atomic E-state index is -0.302. The highest BCUT2D eigenvalue weighted by atomic mass is 16.5. The summed E-state index contributed by atoms with van der Waals surface area (Å²) in [6, 6.07) is 15.8. The third kappa shape index (κ3) is 3.95. The SMILES string of the molecule is CCC(C)C(=O)Oc1ccccc1NC(=O)c1ccccc1. The molecular formula is C18H19NO3. The second-order valence-electron chi connectivity index (χ2n) is 5.05. The standard InChI is InChI=1S/C18H19NO3/c1-3-13(2)18(21)22-16-12-8-7-11-15(16)19-17(20)14-9-5-4-6-10-14/h4-13H,3H2,1-2H3,(H,19,20). The van der Waals surface area contributed by atoms with Gasteiger partial charge in [0, 0.05) is 5.56 Å². The van der Waals surface area contributed by atoms with Crippen LogP contribution in [0.4, 0.5) is 5.69 Å². The second-order valence-corrected chi connectivity index (χ2v) is 5.05. The summed E-state index contributed by atoms with van der Waals surface area (Å²) in [7, 11) is 0. The summed E-state index contributed by atoms with van der Waals surface area (Å²) < 4.78 is 5.38. The highest BCUT2D eigenvalue weighted by Gasteiger charge is 2.16. The largest absolute Gasteiger partial charge is 0.424 e. The molecule has 0 aliphatic heterocycles. The van der Waals surface area contributed by atoms with E-state index in [0.29, 0.717) is 23.4 Å². The molecule has 1 N–H and O–H groups in total. The van der Waals surface area contributed by atoms with Gasteiger partial charge in [-0.25, -0.2) is 0 Å². The molecule has 1 amide bonds. The molecule has 1 unspecified atom stereocenters. The lowest BCUT2D eigenvalue weighted by Gasteiger charge is -2.13. The summed E-state index contributed by atoms with van der Waals surface area (Å²) in [5.41, 5.74) is 1.03. The van der Waals surface area contributed by atoms with Crippen LogP contribution >= 0.6 is 0 Å². The number of ether oxygens (including phenoxy) is 1. The van der Waals surface area contributed by atoms with Crippen molar-refractivity contribution in [1.29, 1.82) is 0 Å². The van der Waals surface area contributed by atoms with Crippen LogP contribution < -0.4 is 10.1 Å². The topological polar surface area (TPSA) is 55.4 Å². The minimum Gasteiger partial charge on any atom is -0.424 e. The molecule has 0 radical (unpaired) electrons. The van der Waals surface area contributed by atoms with E-state index in [4.69, 9.17) is 4.74 Å². The molecule has 0 aromatic heterocycles. The monoisotopic (exact) mass is 297 g/mol. The minimum absolute atomic E-state index is 0.183. The number of rotatable bonds is 5. The van der Waals surface area contributed by atoms with Crippen LogP contribution in [0.2, 0.25) is 0 Å². The Bertz CT molecular complexity index is 652. The van der Waals surface area contributed by atoms with Gasteiger partial charge in [0.2, 0.25) is 0 Å². The van der Waals surface area contributed by atoms with E-state index in [0.717, 1.165) is 0 Å². The summed E-state index contributed by atoms with van der Waals surface area (Å²) >= 11 is 0. The normalized spacial score (nSPS) is 11.5. The van der Waals surface area contributed by atoms with E-state index in [9.17, 15) is 9.59 Å². The average molecular weight is 297 g/mol. The summed E-state index contributed by atoms with van der Waals surface area (Å²) in [4.78, 5) is 24.1. The van der Waals surface area contributed by atoms with Crippen molar-refractivity contribution < 1.29 is 14.3 Å². The van der Waals surface area contributed by atoms with E-state index in [1.165, 1.54) is 0 Å². The van der Waals surface area contributed by atoms with Crippen molar-refractivity contribution in [2.24, 2.45) is 5.92 Å². The molecule has 0 saturated carbocycles. The third-order valence-corrected chi connectivity index (χ3v) is 3.40. The van der Waals surface area contributed by atoms with Crippen LogP contribution in [0.5, 0.6) is 5.75 Å². The van der Waals surface area contributed by atoms with Crippen molar-refractivity contribution in [2.75, 3.05) is 5.32 Å². The van der Waals surface area contributed by atoms with Gasteiger partial charge in [-0.05, 0) is 30.7 Å². The first-order valence-corrected chi connectivity index (χ1v) is 7.29. The molecule has 2 aromatic carbocycles. The van der Waals surface area contributed by atoms with Crippen LogP contribution in [0.3, 0.4) is 0 Å². The molecule has 0 heterocycles.